The van der Waals surface area contributed by atoms with Crippen LogP contribution < -0.4 is 14.9 Å². The number of nitrogens with zero attached hydrogens (tertiary/aromatic N) is 4. The summed E-state index contributed by atoms with van der Waals surface area (Å²) in [5, 5.41) is 9.25. The van der Waals surface area contributed by atoms with E-state index in [9.17, 15) is 14.9 Å². The molecule has 11 nitrogen and oxygen atoms in total. The van der Waals surface area contributed by atoms with Crippen LogP contribution in [0.4, 0.5) is 0 Å². The summed E-state index contributed by atoms with van der Waals surface area (Å²) in [6.07, 6.45) is 5.48. The number of carbonyl (C=O) groups excluding carboxylic acids is 2. The minimum atomic E-state index is -0.792. The first-order valence-corrected chi connectivity index (χ1v) is 12.5. The Morgan fingerprint density at radius 3 is 2.48 bits per heavy atom. The number of ether oxygens (including phenoxy) is 4. The smallest absolute Gasteiger partial charge is 0.337 e. The number of nitriles is 1. The van der Waals surface area contributed by atoms with Crippen LogP contribution in [0.2, 0.25) is 0 Å². The molecule has 11 heteroatoms. The average Bonchev–Trinajstić information content (AvgIpc) is 3.34. The number of esters is 2. The maximum absolute atomic E-state index is 12.9. The van der Waals surface area contributed by atoms with Crippen LogP contribution in [0.5, 0.6) is 11.5 Å². The second kappa shape index (κ2) is 12.4. The van der Waals surface area contributed by atoms with Gasteiger partial charge in [-0.1, -0.05) is 6.07 Å². The van der Waals surface area contributed by atoms with Crippen molar-refractivity contribution in [1.82, 2.24) is 5.43 Å². The molecule has 2 aliphatic rings. The molecule has 2 aromatic rings. The molecule has 40 heavy (non-hydrogen) atoms. The summed E-state index contributed by atoms with van der Waals surface area (Å²) in [5.41, 5.74) is 6.54. The van der Waals surface area contributed by atoms with Crippen LogP contribution in [0.25, 0.3) is 0 Å². The molecule has 0 radical (unpaired) electrons. The minimum Gasteiger partial charge on any atom is -0.497 e. The molecule has 0 amide bonds. The van der Waals surface area contributed by atoms with Gasteiger partial charge >= 0.3 is 11.9 Å². The molecule has 2 heterocycles. The summed E-state index contributed by atoms with van der Waals surface area (Å²) in [5.74, 6) is 0.0865. The average molecular weight is 545 g/mol. The number of quaternary nitrogens is 1. The van der Waals surface area contributed by atoms with E-state index < -0.39 is 17.9 Å². The van der Waals surface area contributed by atoms with E-state index in [1.165, 1.54) is 14.2 Å². The third-order valence-electron chi connectivity index (χ3n) is 6.71. The fourth-order valence-electron chi connectivity index (χ4n) is 4.64. The highest BCUT2D eigenvalue weighted by Crippen LogP contribution is 2.38. The Balaban J connectivity index is 1.84. The van der Waals surface area contributed by atoms with Crippen LogP contribution in [0.3, 0.4) is 0 Å². The van der Waals surface area contributed by atoms with Crippen LogP contribution in [-0.4, -0.2) is 57.0 Å². The number of carbonyl (C=O) groups is 2. The second-order valence-corrected chi connectivity index (χ2v) is 8.86. The van der Waals surface area contributed by atoms with E-state index in [1.54, 1.807) is 57.0 Å². The predicted molar refractivity (Wildman–Crippen MR) is 146 cm³/mol. The molecule has 0 spiro atoms. The topological polar surface area (TPSA) is 132 Å². The highest BCUT2D eigenvalue weighted by molar-refractivity contribution is 6.02. The van der Waals surface area contributed by atoms with Gasteiger partial charge in [0.25, 0.3) is 5.84 Å². The van der Waals surface area contributed by atoms with Gasteiger partial charge in [-0.15, -0.1) is 10.0 Å². The lowest BCUT2D eigenvalue weighted by molar-refractivity contribution is -0.791. The van der Waals surface area contributed by atoms with Crippen LogP contribution in [-0.2, 0) is 20.8 Å². The van der Waals surface area contributed by atoms with Gasteiger partial charge in [-0.2, -0.15) is 10.3 Å². The first-order valence-electron chi connectivity index (χ1n) is 12.5. The summed E-state index contributed by atoms with van der Waals surface area (Å²) in [6.45, 7) is 0.336. The number of hydrogen-bond donors (Lipinski definition) is 1. The lowest BCUT2D eigenvalue weighted by Crippen LogP contribution is -2.56. The summed E-state index contributed by atoms with van der Waals surface area (Å²) < 4.78 is 20.8. The van der Waals surface area contributed by atoms with Crippen molar-refractivity contribution >= 4 is 24.0 Å². The summed E-state index contributed by atoms with van der Waals surface area (Å²) in [4.78, 5) is 34.2. The zero-order valence-corrected chi connectivity index (χ0v) is 22.7. The molecule has 4 rings (SSSR count). The van der Waals surface area contributed by atoms with Gasteiger partial charge in [0.2, 0.25) is 5.70 Å². The van der Waals surface area contributed by atoms with Crippen LogP contribution in [0.15, 0.2) is 76.2 Å². The Morgan fingerprint density at radius 2 is 1.82 bits per heavy atom. The first kappa shape index (κ1) is 28.2. The molecule has 0 bridgehead atoms. The van der Waals surface area contributed by atoms with Gasteiger partial charge in [0.1, 0.15) is 29.3 Å². The van der Waals surface area contributed by atoms with E-state index in [0.717, 1.165) is 5.56 Å². The van der Waals surface area contributed by atoms with Crippen molar-refractivity contribution in [3.8, 4) is 17.6 Å². The number of fused-ring (bicyclic) bond motifs is 1. The molecule has 206 valence electrons. The fourth-order valence-corrected chi connectivity index (χ4v) is 4.64. The maximum Gasteiger partial charge on any atom is 0.337 e. The molecular weight excluding hydrogens is 514 g/mol. The summed E-state index contributed by atoms with van der Waals surface area (Å²) >= 11 is 0. The first-order chi connectivity index (χ1) is 19.4. The van der Waals surface area contributed by atoms with Gasteiger partial charge in [-0.25, -0.2) is 4.79 Å². The summed E-state index contributed by atoms with van der Waals surface area (Å²) in [7, 11) is 5.81. The van der Waals surface area contributed by atoms with E-state index in [4.69, 9.17) is 23.9 Å². The van der Waals surface area contributed by atoms with Gasteiger partial charge in [0.05, 0.1) is 64.6 Å². The number of rotatable bonds is 11. The van der Waals surface area contributed by atoms with Crippen molar-refractivity contribution < 1.29 is 33.1 Å². The van der Waals surface area contributed by atoms with Crippen molar-refractivity contribution in [2.24, 2.45) is 15.9 Å². The molecule has 2 aliphatic heterocycles. The van der Waals surface area contributed by atoms with Gasteiger partial charge in [-0.05, 0) is 36.8 Å². The Morgan fingerprint density at radius 1 is 1.05 bits per heavy atom. The van der Waals surface area contributed by atoms with Crippen molar-refractivity contribution in [3.63, 3.8) is 0 Å². The normalized spacial score (nSPS) is 17.9. The highest BCUT2D eigenvalue weighted by Gasteiger charge is 2.49. The molecule has 2 unspecified atom stereocenters. The van der Waals surface area contributed by atoms with E-state index in [-0.39, 0.29) is 17.4 Å². The molecule has 2 atom stereocenters. The number of hydrogen-bond acceptors (Lipinski definition) is 10. The number of methoxy groups -OCH3 is 4. The van der Waals surface area contributed by atoms with Crippen molar-refractivity contribution in [1.29, 1.82) is 5.26 Å². The number of aliphatic imine (C=N–C) groups is 2. The highest BCUT2D eigenvalue weighted by atomic mass is 16.5. The maximum atomic E-state index is 12.9. The third-order valence-corrected chi connectivity index (χ3v) is 6.71. The molecular formula is C29H30N5O6+. The Kier molecular flexibility index (Phi) is 8.73. The quantitative estimate of drug-likeness (QED) is 0.335. The van der Waals surface area contributed by atoms with E-state index in [0.29, 0.717) is 46.4 Å². The summed E-state index contributed by atoms with van der Waals surface area (Å²) in [6, 6.07) is 14.5. The van der Waals surface area contributed by atoms with Gasteiger partial charge in [0.15, 0.2) is 0 Å². The zero-order valence-electron chi connectivity index (χ0n) is 22.7. The molecule has 0 aliphatic carbocycles. The molecule has 2 aromatic carbocycles. The lowest BCUT2D eigenvalue weighted by Gasteiger charge is -2.32. The van der Waals surface area contributed by atoms with Crippen LogP contribution in [0.1, 0.15) is 34.3 Å². The number of benzene rings is 2. The van der Waals surface area contributed by atoms with E-state index in [2.05, 4.69) is 16.5 Å². The SMILES string of the molecule is COC(=O)c1ccc(C2=NC(C(CCC#N)C(=O)OC)=C3C=NC=C[N+]23NCc2ccc(OC)cc2OC)cc1. The van der Waals surface area contributed by atoms with Crippen molar-refractivity contribution in [3.05, 3.63) is 82.9 Å². The van der Waals surface area contributed by atoms with Crippen molar-refractivity contribution in [2.45, 2.75) is 19.4 Å². The van der Waals surface area contributed by atoms with E-state index in [1.807, 2.05) is 18.3 Å². The Labute approximate surface area is 232 Å². The minimum absolute atomic E-state index is 0.0777. The molecule has 0 aromatic heterocycles. The second-order valence-electron chi connectivity index (χ2n) is 8.86. The third kappa shape index (κ3) is 5.36. The molecule has 0 saturated carbocycles. The van der Waals surface area contributed by atoms with Crippen LogP contribution in [0, 0.1) is 17.2 Å². The monoisotopic (exact) mass is 544 g/mol. The molecule has 0 saturated heterocycles. The largest absolute Gasteiger partial charge is 0.497 e. The fraction of sp³-hybridized carbons (Fsp3) is 0.276. The van der Waals surface area contributed by atoms with Crippen molar-refractivity contribution in [2.75, 3.05) is 28.4 Å². The number of amidine groups is 1. The van der Waals surface area contributed by atoms with Gasteiger partial charge < -0.3 is 18.9 Å². The Bertz CT molecular complexity index is 1450. The molecule has 0 fully saturated rings. The number of allylic oxidation sites excluding steroid dienone is 1. The van der Waals surface area contributed by atoms with Gasteiger partial charge in [-0.3, -0.25) is 9.79 Å². The van der Waals surface area contributed by atoms with Crippen LogP contribution >= 0.6 is 0 Å². The Hall–Kier alpha value is -4.79. The molecule has 1 N–H and O–H groups in total. The lowest BCUT2D eigenvalue weighted by atomic mass is 9.98. The predicted octanol–water partition coefficient (Wildman–Crippen LogP) is 3.63. The zero-order chi connectivity index (χ0) is 28.7. The van der Waals surface area contributed by atoms with Gasteiger partial charge in [0, 0.05) is 18.1 Å². The number of nitrogens with one attached hydrogen (secondary N) is 1. The standard InChI is InChI=1S/C29H30N5O6/c1-37-22-12-11-21(25(16-22)38-2)17-32-34-15-14-31-18-24(34)26(23(6-5-13-30)29(36)40-4)33-27(34)19-7-9-20(10-8-19)28(35)39-3/h7-12,14-16,18,23,32H,5-6,17H2,1-4H3/q+1. The van der Waals surface area contributed by atoms with E-state index >= 15 is 0 Å².